The van der Waals surface area contributed by atoms with Crippen molar-refractivity contribution in [1.82, 2.24) is 0 Å². The van der Waals surface area contributed by atoms with E-state index in [1.54, 1.807) is 0 Å². The zero-order valence-electron chi connectivity index (χ0n) is 12.3. The Hall–Kier alpha value is -0.820. The predicted octanol–water partition coefficient (Wildman–Crippen LogP) is 4.43. The predicted molar refractivity (Wildman–Crippen MR) is 79.2 cm³/mol. The highest BCUT2D eigenvalue weighted by molar-refractivity contribution is 5.36. The molecule has 1 fully saturated rings. The van der Waals surface area contributed by atoms with Gasteiger partial charge in [0.2, 0.25) is 0 Å². The summed E-state index contributed by atoms with van der Waals surface area (Å²) in [5.74, 6) is 0.417. The van der Waals surface area contributed by atoms with Crippen molar-refractivity contribution in [2.45, 2.75) is 64.9 Å². The Labute approximate surface area is 117 Å². The molecule has 0 spiro atoms. The molecule has 3 rings (SSSR count). The van der Waals surface area contributed by atoms with Gasteiger partial charge in [-0.3, -0.25) is 0 Å². The van der Waals surface area contributed by atoms with E-state index in [1.807, 2.05) is 0 Å². The van der Waals surface area contributed by atoms with Gasteiger partial charge in [-0.2, -0.15) is 0 Å². The Kier molecular flexibility index (Phi) is 3.42. The molecular formula is C18H26O. The Morgan fingerprint density at radius 1 is 1.11 bits per heavy atom. The molecule has 2 atom stereocenters. The largest absolute Gasteiger partial charge is 0.388 e. The summed E-state index contributed by atoms with van der Waals surface area (Å²) in [5, 5.41) is 10.8. The van der Waals surface area contributed by atoms with Crippen LogP contribution in [0.4, 0.5) is 0 Å². The number of hydrogen-bond donors (Lipinski definition) is 1. The van der Waals surface area contributed by atoms with Crippen molar-refractivity contribution in [1.29, 1.82) is 0 Å². The van der Waals surface area contributed by atoms with Gasteiger partial charge < -0.3 is 5.11 Å². The average Bonchev–Trinajstić information content (AvgIpc) is 2.84. The van der Waals surface area contributed by atoms with E-state index in [0.717, 1.165) is 5.56 Å². The summed E-state index contributed by atoms with van der Waals surface area (Å²) in [7, 11) is 0. The van der Waals surface area contributed by atoms with E-state index in [-0.39, 0.29) is 11.5 Å². The smallest absolute Gasteiger partial charge is 0.0823 e. The molecule has 1 aromatic carbocycles. The summed E-state index contributed by atoms with van der Waals surface area (Å²) in [6.45, 7) is 4.65. The molecule has 0 saturated heterocycles. The summed E-state index contributed by atoms with van der Waals surface area (Å²) >= 11 is 0. The lowest BCUT2D eigenvalue weighted by Gasteiger charge is -2.41. The SMILES string of the molecule is CC1(C)CCCCC1C(O)c1ccc2c(c1)CCC2. The molecule has 104 valence electrons. The highest BCUT2D eigenvalue weighted by atomic mass is 16.3. The molecule has 1 heteroatoms. The van der Waals surface area contributed by atoms with Crippen molar-refractivity contribution in [3.05, 3.63) is 34.9 Å². The van der Waals surface area contributed by atoms with Gasteiger partial charge in [-0.1, -0.05) is 44.9 Å². The first-order valence-corrected chi connectivity index (χ1v) is 7.88. The first kappa shape index (κ1) is 13.2. The van der Waals surface area contributed by atoms with Gasteiger partial charge in [0, 0.05) is 0 Å². The van der Waals surface area contributed by atoms with Gasteiger partial charge in [0.1, 0.15) is 0 Å². The maximum atomic E-state index is 10.8. The second-order valence-electron chi connectivity index (χ2n) is 7.17. The van der Waals surface area contributed by atoms with Crippen LogP contribution in [0, 0.1) is 11.3 Å². The Bertz CT molecular complexity index is 461. The molecule has 1 N–H and O–H groups in total. The molecular weight excluding hydrogens is 232 g/mol. The van der Waals surface area contributed by atoms with Crippen LogP contribution in [0.1, 0.15) is 68.7 Å². The van der Waals surface area contributed by atoms with Crippen molar-refractivity contribution < 1.29 is 5.11 Å². The summed E-state index contributed by atoms with van der Waals surface area (Å²) in [5.41, 5.74) is 4.40. The van der Waals surface area contributed by atoms with Crippen LogP contribution in [0.2, 0.25) is 0 Å². The number of hydrogen-bond acceptors (Lipinski definition) is 1. The van der Waals surface area contributed by atoms with Crippen molar-refractivity contribution in [2.24, 2.45) is 11.3 Å². The lowest BCUT2D eigenvalue weighted by molar-refractivity contribution is 0.00382. The molecule has 19 heavy (non-hydrogen) atoms. The molecule has 0 radical (unpaired) electrons. The summed E-state index contributed by atoms with van der Waals surface area (Å²) in [6.07, 6.45) is 8.44. The minimum atomic E-state index is -0.277. The molecule has 0 amide bonds. The van der Waals surface area contributed by atoms with E-state index in [2.05, 4.69) is 32.0 Å². The van der Waals surface area contributed by atoms with E-state index in [9.17, 15) is 5.11 Å². The Morgan fingerprint density at radius 3 is 2.68 bits per heavy atom. The summed E-state index contributed by atoms with van der Waals surface area (Å²) in [4.78, 5) is 0. The van der Waals surface area contributed by atoms with Gasteiger partial charge in [0.05, 0.1) is 6.10 Å². The Morgan fingerprint density at radius 2 is 1.89 bits per heavy atom. The van der Waals surface area contributed by atoms with Gasteiger partial charge in [0.15, 0.2) is 0 Å². The maximum Gasteiger partial charge on any atom is 0.0823 e. The van der Waals surface area contributed by atoms with Crippen molar-refractivity contribution in [3.63, 3.8) is 0 Å². The molecule has 2 aliphatic carbocycles. The molecule has 0 aromatic heterocycles. The van der Waals surface area contributed by atoms with Gasteiger partial charge in [0.25, 0.3) is 0 Å². The van der Waals surface area contributed by atoms with E-state index < -0.39 is 0 Å². The second-order valence-corrected chi connectivity index (χ2v) is 7.17. The zero-order chi connectivity index (χ0) is 13.5. The lowest BCUT2D eigenvalue weighted by Crippen LogP contribution is -2.32. The highest BCUT2D eigenvalue weighted by Crippen LogP contribution is 2.47. The topological polar surface area (TPSA) is 20.2 Å². The molecule has 0 bridgehead atoms. The van der Waals surface area contributed by atoms with Crippen LogP contribution in [0.15, 0.2) is 18.2 Å². The number of fused-ring (bicyclic) bond motifs is 1. The number of aliphatic hydroxyl groups is 1. The van der Waals surface area contributed by atoms with Gasteiger partial charge in [-0.05, 0) is 60.1 Å². The number of benzene rings is 1. The normalized spacial score (nSPS) is 27.0. The Balaban J connectivity index is 1.85. The first-order valence-electron chi connectivity index (χ1n) is 7.88. The fraction of sp³-hybridized carbons (Fsp3) is 0.667. The number of aliphatic hydroxyl groups excluding tert-OH is 1. The van der Waals surface area contributed by atoms with Crippen LogP contribution in [0.5, 0.6) is 0 Å². The fourth-order valence-corrected chi connectivity index (χ4v) is 4.11. The van der Waals surface area contributed by atoms with Gasteiger partial charge in [-0.15, -0.1) is 0 Å². The molecule has 0 aliphatic heterocycles. The third-order valence-corrected chi connectivity index (χ3v) is 5.44. The van der Waals surface area contributed by atoms with E-state index in [1.165, 1.54) is 56.1 Å². The highest BCUT2D eigenvalue weighted by Gasteiger charge is 2.37. The van der Waals surface area contributed by atoms with E-state index >= 15 is 0 Å². The number of rotatable bonds is 2. The van der Waals surface area contributed by atoms with Crippen molar-refractivity contribution in [2.75, 3.05) is 0 Å². The minimum absolute atomic E-state index is 0.274. The second kappa shape index (κ2) is 4.94. The molecule has 0 heterocycles. The molecule has 2 aliphatic rings. The van der Waals surface area contributed by atoms with Crippen molar-refractivity contribution >= 4 is 0 Å². The molecule has 2 unspecified atom stereocenters. The van der Waals surface area contributed by atoms with Gasteiger partial charge in [-0.25, -0.2) is 0 Å². The lowest BCUT2D eigenvalue weighted by atomic mass is 9.65. The van der Waals surface area contributed by atoms with Crippen LogP contribution in [0.25, 0.3) is 0 Å². The molecule has 1 aromatic rings. The van der Waals surface area contributed by atoms with Crippen LogP contribution < -0.4 is 0 Å². The fourth-order valence-electron chi connectivity index (χ4n) is 4.11. The first-order chi connectivity index (χ1) is 9.08. The number of aryl methyl sites for hydroxylation is 2. The zero-order valence-corrected chi connectivity index (χ0v) is 12.3. The van der Waals surface area contributed by atoms with Crippen LogP contribution in [-0.4, -0.2) is 5.11 Å². The summed E-state index contributed by atoms with van der Waals surface area (Å²) < 4.78 is 0. The molecule has 1 nitrogen and oxygen atoms in total. The summed E-state index contributed by atoms with van der Waals surface area (Å²) in [6, 6.07) is 6.69. The third kappa shape index (κ3) is 2.45. The average molecular weight is 258 g/mol. The third-order valence-electron chi connectivity index (χ3n) is 5.44. The molecule has 1 saturated carbocycles. The van der Waals surface area contributed by atoms with Gasteiger partial charge >= 0.3 is 0 Å². The van der Waals surface area contributed by atoms with Crippen LogP contribution in [0.3, 0.4) is 0 Å². The van der Waals surface area contributed by atoms with Crippen LogP contribution >= 0.6 is 0 Å². The standard InChI is InChI=1S/C18H26O/c1-18(2)11-4-3-8-16(18)17(19)15-10-9-13-6-5-7-14(13)12-15/h9-10,12,16-17,19H,3-8,11H2,1-2H3. The maximum absolute atomic E-state index is 10.8. The van der Waals surface area contributed by atoms with E-state index in [0.29, 0.717) is 5.92 Å². The quantitative estimate of drug-likeness (QED) is 0.832. The minimum Gasteiger partial charge on any atom is -0.388 e. The van der Waals surface area contributed by atoms with Crippen LogP contribution in [-0.2, 0) is 12.8 Å². The monoisotopic (exact) mass is 258 g/mol. The van der Waals surface area contributed by atoms with Crippen molar-refractivity contribution in [3.8, 4) is 0 Å². The van der Waals surface area contributed by atoms with E-state index in [4.69, 9.17) is 0 Å².